The van der Waals surface area contributed by atoms with Gasteiger partial charge in [0.15, 0.2) is 17.3 Å². The van der Waals surface area contributed by atoms with Crippen LogP contribution < -0.4 is 31.9 Å². The van der Waals surface area contributed by atoms with E-state index in [4.69, 9.17) is 10.7 Å². The van der Waals surface area contributed by atoms with E-state index in [1.807, 2.05) is 36.2 Å². The van der Waals surface area contributed by atoms with Crippen LogP contribution in [0.25, 0.3) is 11.4 Å². The molecule has 5 fully saturated rings. The first-order valence-electron chi connectivity index (χ1n) is 21.9. The molecule has 0 saturated carbocycles. The van der Waals surface area contributed by atoms with Crippen molar-refractivity contribution >= 4 is 46.8 Å². The molecule has 5 aliphatic heterocycles. The number of amides is 5. The van der Waals surface area contributed by atoms with Gasteiger partial charge < -0.3 is 35.6 Å². The number of nitrogens with one attached hydrogen (secondary N) is 2. The Labute approximate surface area is 360 Å². The highest BCUT2D eigenvalue weighted by molar-refractivity contribution is 5.99. The summed E-state index contributed by atoms with van der Waals surface area (Å²) in [6, 6.07) is 15.8. The zero-order chi connectivity index (χ0) is 43.1. The van der Waals surface area contributed by atoms with Gasteiger partial charge in [0.2, 0.25) is 5.91 Å². The Morgan fingerprint density at radius 1 is 0.855 bits per heavy atom. The number of aromatic nitrogens is 5. The van der Waals surface area contributed by atoms with E-state index in [0.717, 1.165) is 101 Å². The van der Waals surface area contributed by atoms with E-state index in [1.54, 1.807) is 18.1 Å². The molecular weight excluding hydrogens is 791 g/mol. The van der Waals surface area contributed by atoms with Crippen molar-refractivity contribution in [2.75, 3.05) is 81.1 Å². The second-order valence-corrected chi connectivity index (χ2v) is 17.5. The normalized spacial score (nSPS) is 22.7. The smallest absolute Gasteiger partial charge is 0.346 e. The number of benzene rings is 2. The molecular formula is C44H55N13O5. The number of likely N-dealkylation sites (N-methyl/N-ethyl adjacent to an activating group) is 1. The number of nitrogens with two attached hydrogens (primary N) is 1. The van der Waals surface area contributed by atoms with Crippen molar-refractivity contribution in [3.8, 4) is 11.4 Å². The lowest BCUT2D eigenvalue weighted by molar-refractivity contribution is -0.136. The number of hydrogen-bond donors (Lipinski definition) is 3. The molecule has 7 heterocycles. The summed E-state index contributed by atoms with van der Waals surface area (Å²) < 4.78 is 2.64. The SMILES string of the molecule is CN1CCN([C@H]2CCCN(c3cnc(C(N)=O)c(Nc4ccc(C5CCN(C[C@@H]6CCN(c7ccc(-c8nn(C9CCC(=O)NC9=O)c(=O)n8C)cc7)C6)CC5)cc4)n3)C2)C1=O. The maximum atomic E-state index is 13.0. The molecule has 5 saturated heterocycles. The number of imide groups is 1. The van der Waals surface area contributed by atoms with Crippen molar-refractivity contribution in [1.29, 1.82) is 0 Å². The Hall–Kier alpha value is -6.30. The van der Waals surface area contributed by atoms with Gasteiger partial charge in [0.1, 0.15) is 11.9 Å². The summed E-state index contributed by atoms with van der Waals surface area (Å²) in [5, 5.41) is 10.1. The molecule has 1 unspecified atom stereocenters. The quantitative estimate of drug-likeness (QED) is 0.187. The van der Waals surface area contributed by atoms with Crippen LogP contribution in [0.15, 0.2) is 59.5 Å². The molecule has 2 aromatic carbocycles. The maximum Gasteiger partial charge on any atom is 0.346 e. The summed E-state index contributed by atoms with van der Waals surface area (Å²) in [6.07, 6.45) is 7.19. The number of hydrogen-bond acceptors (Lipinski definition) is 12. The van der Waals surface area contributed by atoms with E-state index in [9.17, 15) is 24.0 Å². The average molecular weight is 846 g/mol. The summed E-state index contributed by atoms with van der Waals surface area (Å²) in [7, 11) is 3.48. The number of carbonyl (C=O) groups excluding carboxylic acids is 4. The van der Waals surface area contributed by atoms with Crippen LogP contribution in [-0.2, 0) is 16.6 Å². The van der Waals surface area contributed by atoms with Gasteiger partial charge in [0.05, 0.1) is 12.2 Å². The molecule has 18 nitrogen and oxygen atoms in total. The minimum absolute atomic E-state index is 0.0666. The minimum Gasteiger partial charge on any atom is -0.371 e. The molecule has 0 radical (unpaired) electrons. The predicted octanol–water partition coefficient (Wildman–Crippen LogP) is 2.90. The van der Waals surface area contributed by atoms with Gasteiger partial charge in [-0.2, -0.15) is 0 Å². The van der Waals surface area contributed by atoms with Crippen LogP contribution in [-0.4, -0.2) is 135 Å². The molecule has 0 spiro atoms. The van der Waals surface area contributed by atoms with Crippen LogP contribution in [0.1, 0.15) is 73.0 Å². The average Bonchev–Trinajstić information content (AvgIpc) is 3.97. The Kier molecular flexibility index (Phi) is 11.4. The van der Waals surface area contributed by atoms with E-state index in [1.165, 1.54) is 14.8 Å². The lowest BCUT2D eigenvalue weighted by Crippen LogP contribution is -2.49. The summed E-state index contributed by atoms with van der Waals surface area (Å²) in [4.78, 5) is 82.2. The molecule has 326 valence electrons. The Morgan fingerprint density at radius 2 is 1.63 bits per heavy atom. The van der Waals surface area contributed by atoms with Gasteiger partial charge in [-0.05, 0) is 105 Å². The van der Waals surface area contributed by atoms with Crippen molar-refractivity contribution in [1.82, 2.24) is 44.3 Å². The fourth-order valence-corrected chi connectivity index (χ4v) is 9.88. The third-order valence-corrected chi connectivity index (χ3v) is 13.4. The minimum atomic E-state index is -0.800. The van der Waals surface area contributed by atoms with E-state index < -0.39 is 17.9 Å². The van der Waals surface area contributed by atoms with Crippen molar-refractivity contribution in [2.45, 2.75) is 62.9 Å². The Bertz CT molecular complexity index is 2390. The third kappa shape index (κ3) is 8.34. The van der Waals surface area contributed by atoms with Crippen molar-refractivity contribution < 1.29 is 19.2 Å². The number of carbonyl (C=O) groups is 4. The summed E-state index contributed by atoms with van der Waals surface area (Å²) >= 11 is 0. The van der Waals surface area contributed by atoms with Crippen LogP contribution in [0.3, 0.4) is 0 Å². The highest BCUT2D eigenvalue weighted by atomic mass is 16.2. The molecule has 4 N–H and O–H groups in total. The molecule has 0 aliphatic carbocycles. The molecule has 5 aliphatic rings. The highest BCUT2D eigenvalue weighted by Crippen LogP contribution is 2.33. The lowest BCUT2D eigenvalue weighted by atomic mass is 9.89. The second kappa shape index (κ2) is 17.2. The summed E-state index contributed by atoms with van der Waals surface area (Å²) in [6.45, 7) is 8.03. The lowest BCUT2D eigenvalue weighted by Gasteiger charge is -2.37. The van der Waals surface area contributed by atoms with Crippen molar-refractivity contribution in [2.24, 2.45) is 18.7 Å². The monoisotopic (exact) mass is 845 g/mol. The van der Waals surface area contributed by atoms with Gasteiger partial charge in [-0.25, -0.2) is 24.2 Å². The fourth-order valence-electron chi connectivity index (χ4n) is 9.88. The zero-order valence-electron chi connectivity index (χ0n) is 35.4. The third-order valence-electron chi connectivity index (χ3n) is 13.4. The Morgan fingerprint density at radius 3 is 2.34 bits per heavy atom. The van der Waals surface area contributed by atoms with Crippen molar-refractivity contribution in [3.63, 3.8) is 0 Å². The summed E-state index contributed by atoms with van der Waals surface area (Å²) in [5.41, 5.74) is 9.44. The van der Waals surface area contributed by atoms with Gasteiger partial charge >= 0.3 is 11.7 Å². The first kappa shape index (κ1) is 41.1. The van der Waals surface area contributed by atoms with E-state index in [0.29, 0.717) is 35.8 Å². The number of rotatable bonds is 11. The maximum absolute atomic E-state index is 13.0. The molecule has 62 heavy (non-hydrogen) atoms. The van der Waals surface area contributed by atoms with Crippen LogP contribution in [0.2, 0.25) is 0 Å². The molecule has 9 rings (SSSR count). The largest absolute Gasteiger partial charge is 0.371 e. The molecule has 0 bridgehead atoms. The van der Waals surface area contributed by atoms with E-state index >= 15 is 0 Å². The van der Waals surface area contributed by atoms with Crippen LogP contribution >= 0.6 is 0 Å². The number of nitrogens with zero attached hydrogens (tertiary/aromatic N) is 10. The Balaban J connectivity index is 0.762. The standard InChI is InChI=1S/C44H55N13O5/c1-51-22-23-56(43(51)61)34-4-3-18-55(27-34)36-24-46-38(39(45)59)40(48-36)47-32-9-5-29(6-10-32)30-16-19-53(20-17-30)25-28-15-21-54(26-28)33-11-7-31(8-12-33)41-50-57(44(62)52(41)2)35-13-14-37(58)49-42(35)60/h5-12,24,28,30,34-35H,3-4,13-23,25-27H2,1-2H3,(H2,45,59)(H,47,48)(H,49,58,60)/t28-,34-,35?/m0/s1. The van der Waals surface area contributed by atoms with Crippen LogP contribution in [0, 0.1) is 5.92 Å². The molecule has 18 heteroatoms. The zero-order valence-corrected chi connectivity index (χ0v) is 35.4. The van der Waals surface area contributed by atoms with Crippen molar-refractivity contribution in [3.05, 3.63) is 76.5 Å². The number of urea groups is 1. The molecule has 5 amide bonds. The molecule has 4 aromatic rings. The summed E-state index contributed by atoms with van der Waals surface area (Å²) in [5.74, 6) is 1.00. The van der Waals surface area contributed by atoms with Gasteiger partial charge in [-0.3, -0.25) is 24.3 Å². The van der Waals surface area contributed by atoms with E-state index in [-0.39, 0.29) is 42.2 Å². The number of primary amides is 1. The topological polar surface area (TPSA) is 200 Å². The van der Waals surface area contributed by atoms with Crippen LogP contribution in [0.4, 0.5) is 27.8 Å². The first-order valence-corrected chi connectivity index (χ1v) is 21.9. The highest BCUT2D eigenvalue weighted by Gasteiger charge is 2.35. The predicted molar refractivity (Wildman–Crippen MR) is 233 cm³/mol. The van der Waals surface area contributed by atoms with Gasteiger partial charge in [0, 0.05) is 83.3 Å². The number of likely N-dealkylation sites (tertiary alicyclic amines) is 1. The molecule has 3 atom stereocenters. The van der Waals surface area contributed by atoms with Gasteiger partial charge in [0.25, 0.3) is 11.8 Å². The van der Waals surface area contributed by atoms with E-state index in [2.05, 4.69) is 59.7 Å². The first-order chi connectivity index (χ1) is 30.0. The second-order valence-electron chi connectivity index (χ2n) is 17.5. The van der Waals surface area contributed by atoms with Gasteiger partial charge in [-0.15, -0.1) is 5.10 Å². The number of anilines is 4. The van der Waals surface area contributed by atoms with Gasteiger partial charge in [-0.1, -0.05) is 12.1 Å². The van der Waals surface area contributed by atoms with Crippen LogP contribution in [0.5, 0.6) is 0 Å². The molecule has 2 aromatic heterocycles. The fraction of sp³-hybridized carbons (Fsp3) is 0.500. The number of piperidine rings is 3.